The molecule has 0 fully saturated rings. The van der Waals surface area contributed by atoms with Crippen molar-refractivity contribution in [3.05, 3.63) is 29.8 Å². The monoisotopic (exact) mass is 276 g/mol. The number of benzene rings is 1. The largest absolute Gasteiger partial charge is 0.400 e. The second kappa shape index (κ2) is 7.88. The molecule has 1 aromatic carbocycles. The number of anilines is 1. The molecule has 1 nitrogen and oxygen atoms in total. The van der Waals surface area contributed by atoms with Crippen LogP contribution in [0.15, 0.2) is 12.1 Å². The summed E-state index contributed by atoms with van der Waals surface area (Å²) in [5, 5.41) is 2.73. The number of rotatable bonds is 4. The van der Waals surface area contributed by atoms with Crippen molar-refractivity contribution in [3.8, 4) is 0 Å². The van der Waals surface area contributed by atoms with Gasteiger partial charge in [-0.2, -0.15) is 0 Å². The van der Waals surface area contributed by atoms with Crippen LogP contribution in [0.5, 0.6) is 0 Å². The smallest absolute Gasteiger partial charge is 0.0688 e. The summed E-state index contributed by atoms with van der Waals surface area (Å²) in [6.45, 7) is 2.05. The molecule has 16 heavy (non-hydrogen) atoms. The minimum Gasteiger partial charge on any atom is -0.400 e. The fraction of sp³-hybridized carbons (Fsp3) is 0.364. The van der Waals surface area contributed by atoms with Gasteiger partial charge in [0.05, 0.1) is 4.99 Å². The number of unbranched alkanes of at least 4 members (excludes halogenated alkanes) is 1. The quantitative estimate of drug-likeness (QED) is 0.511. The summed E-state index contributed by atoms with van der Waals surface area (Å²) < 4.78 is 25.6. The molecule has 0 amide bonds. The van der Waals surface area contributed by atoms with Crippen molar-refractivity contribution in [1.82, 2.24) is 0 Å². The van der Waals surface area contributed by atoms with Crippen molar-refractivity contribution in [2.75, 3.05) is 5.32 Å². The minimum absolute atomic E-state index is 0. The number of thiocarbonyl (C=S) groups is 1. The fourth-order valence-electron chi connectivity index (χ4n) is 1.09. The Bertz CT molecular complexity index is 358. The van der Waals surface area contributed by atoms with Crippen molar-refractivity contribution in [3.63, 3.8) is 0 Å². The third-order valence-electron chi connectivity index (χ3n) is 1.89. The second-order valence-corrected chi connectivity index (χ2v) is 3.68. The summed E-state index contributed by atoms with van der Waals surface area (Å²) in [6.07, 6.45) is 2.70. The first-order valence-corrected chi connectivity index (χ1v) is 5.21. The van der Waals surface area contributed by atoms with Gasteiger partial charge in [-0.15, -0.1) is 18.2 Å². The summed E-state index contributed by atoms with van der Waals surface area (Å²) in [7, 11) is 0. The SMILES string of the molecule is CCCCC(=S)Nc1ccc(F)[c-]c1F.[Ti]. The van der Waals surface area contributed by atoms with Gasteiger partial charge in [0.15, 0.2) is 0 Å². The molecule has 0 saturated carbocycles. The van der Waals surface area contributed by atoms with E-state index >= 15 is 0 Å². The van der Waals surface area contributed by atoms with E-state index in [9.17, 15) is 8.78 Å². The summed E-state index contributed by atoms with van der Waals surface area (Å²) in [5.74, 6) is -1.45. The van der Waals surface area contributed by atoms with E-state index in [1.165, 1.54) is 6.07 Å². The Morgan fingerprint density at radius 2 is 2.12 bits per heavy atom. The molecule has 1 aromatic rings. The zero-order valence-corrected chi connectivity index (χ0v) is 11.3. The first kappa shape index (κ1) is 15.7. The van der Waals surface area contributed by atoms with Crippen LogP contribution in [-0.2, 0) is 21.7 Å². The van der Waals surface area contributed by atoms with Crippen LogP contribution in [0.2, 0.25) is 0 Å². The van der Waals surface area contributed by atoms with Gasteiger partial charge in [0.25, 0.3) is 0 Å². The normalized spacial score (nSPS) is 9.44. The van der Waals surface area contributed by atoms with Crippen molar-refractivity contribution in [1.29, 1.82) is 0 Å². The van der Waals surface area contributed by atoms with E-state index in [0.717, 1.165) is 18.9 Å². The predicted molar refractivity (Wildman–Crippen MR) is 60.9 cm³/mol. The van der Waals surface area contributed by atoms with Crippen molar-refractivity contribution < 1.29 is 30.5 Å². The van der Waals surface area contributed by atoms with Crippen LogP contribution in [0.25, 0.3) is 0 Å². The molecule has 0 aliphatic carbocycles. The number of halogens is 2. The molecular formula is C11H12F2NSTi-. The maximum Gasteiger partial charge on any atom is 0.0688 e. The zero-order valence-electron chi connectivity index (χ0n) is 8.94. The number of nitrogens with one attached hydrogen (secondary N) is 1. The van der Waals surface area contributed by atoms with E-state index in [-0.39, 0.29) is 27.4 Å². The molecule has 0 bridgehead atoms. The Morgan fingerprint density at radius 1 is 1.44 bits per heavy atom. The summed E-state index contributed by atoms with van der Waals surface area (Å²) >= 11 is 5.01. The van der Waals surface area contributed by atoms with Crippen LogP contribution in [0, 0.1) is 17.7 Å². The van der Waals surface area contributed by atoms with Gasteiger partial charge in [-0.3, -0.25) is 0 Å². The number of hydrogen-bond donors (Lipinski definition) is 1. The Hall–Kier alpha value is -0.316. The van der Waals surface area contributed by atoms with Crippen molar-refractivity contribution in [2.45, 2.75) is 26.2 Å². The van der Waals surface area contributed by atoms with Crippen LogP contribution < -0.4 is 5.32 Å². The average molecular weight is 276 g/mol. The van der Waals surface area contributed by atoms with E-state index in [1.54, 1.807) is 0 Å². The molecule has 0 heterocycles. The molecule has 0 saturated heterocycles. The van der Waals surface area contributed by atoms with E-state index in [2.05, 4.69) is 12.2 Å². The molecule has 1 rings (SSSR count). The number of hydrogen-bond acceptors (Lipinski definition) is 1. The van der Waals surface area contributed by atoms with Crippen LogP contribution in [0.4, 0.5) is 14.5 Å². The standard InChI is InChI=1S/C11H12F2NS.Ti/c1-2-3-4-11(15)14-10-6-5-8(12)7-9(10)13;/h5-6H,2-4H2,1H3,(H,14,15);/q-1;. The first-order valence-electron chi connectivity index (χ1n) is 4.80. The third kappa shape index (κ3) is 5.15. The van der Waals surface area contributed by atoms with Gasteiger partial charge in [-0.1, -0.05) is 25.6 Å². The molecule has 0 spiro atoms. The average Bonchev–Trinajstić information content (AvgIpc) is 2.19. The molecule has 0 aliphatic heterocycles. The van der Waals surface area contributed by atoms with Gasteiger partial charge in [-0.25, -0.2) is 8.78 Å². The minimum atomic E-state index is -0.742. The Kier molecular flexibility index (Phi) is 7.72. The Labute approximate surface area is 115 Å². The Balaban J connectivity index is 0.00000225. The van der Waals surface area contributed by atoms with Crippen molar-refractivity contribution in [2.24, 2.45) is 0 Å². The summed E-state index contributed by atoms with van der Waals surface area (Å²) in [4.78, 5) is 0.566. The van der Waals surface area contributed by atoms with Crippen LogP contribution in [-0.4, -0.2) is 4.99 Å². The molecule has 5 heteroatoms. The van der Waals surface area contributed by atoms with E-state index < -0.39 is 11.6 Å². The first-order chi connectivity index (χ1) is 7.13. The summed E-state index contributed by atoms with van der Waals surface area (Å²) in [5.41, 5.74) is 0.178. The zero-order chi connectivity index (χ0) is 11.3. The predicted octanol–water partition coefficient (Wildman–Crippen LogP) is 3.69. The molecule has 0 atom stereocenters. The summed E-state index contributed by atoms with van der Waals surface area (Å²) in [6, 6.07) is 4.41. The fourth-order valence-corrected chi connectivity index (χ4v) is 1.34. The van der Waals surface area contributed by atoms with Gasteiger partial charge in [0.1, 0.15) is 0 Å². The maximum absolute atomic E-state index is 13.1. The van der Waals surface area contributed by atoms with Crippen LogP contribution in [0.1, 0.15) is 26.2 Å². The van der Waals surface area contributed by atoms with Crippen LogP contribution in [0.3, 0.4) is 0 Å². The van der Waals surface area contributed by atoms with E-state index in [1.807, 2.05) is 6.07 Å². The topological polar surface area (TPSA) is 12.0 Å². The van der Waals surface area contributed by atoms with Gasteiger partial charge >= 0.3 is 0 Å². The molecule has 0 radical (unpaired) electrons. The molecule has 0 aliphatic rings. The molecule has 86 valence electrons. The second-order valence-electron chi connectivity index (χ2n) is 3.19. The molecular weight excluding hydrogens is 264 g/mol. The molecule has 0 aromatic heterocycles. The third-order valence-corrected chi connectivity index (χ3v) is 2.20. The molecule has 1 N–H and O–H groups in total. The Morgan fingerprint density at radius 3 is 2.69 bits per heavy atom. The van der Waals surface area contributed by atoms with Gasteiger partial charge < -0.3 is 5.32 Å². The van der Waals surface area contributed by atoms with Gasteiger partial charge in [0, 0.05) is 33.4 Å². The van der Waals surface area contributed by atoms with E-state index in [0.29, 0.717) is 11.4 Å². The molecule has 0 unspecified atom stereocenters. The maximum atomic E-state index is 13.1. The van der Waals surface area contributed by atoms with Crippen LogP contribution >= 0.6 is 12.2 Å². The van der Waals surface area contributed by atoms with Gasteiger partial charge in [0.2, 0.25) is 0 Å². The van der Waals surface area contributed by atoms with E-state index in [4.69, 9.17) is 12.2 Å². The van der Waals surface area contributed by atoms with Crippen molar-refractivity contribution >= 4 is 22.9 Å². The van der Waals surface area contributed by atoms with Gasteiger partial charge in [-0.05, 0) is 18.5 Å².